The lowest BCUT2D eigenvalue weighted by Crippen LogP contribution is -2.47. The van der Waals surface area contributed by atoms with E-state index in [1.807, 2.05) is 0 Å². The highest BCUT2D eigenvalue weighted by molar-refractivity contribution is 4.90. The van der Waals surface area contributed by atoms with Crippen molar-refractivity contribution in [3.63, 3.8) is 0 Å². The second-order valence-corrected chi connectivity index (χ2v) is 5.38. The zero-order valence-electron chi connectivity index (χ0n) is 9.93. The molecule has 1 aliphatic heterocycles. The normalized spacial score (nSPS) is 24.2. The predicted octanol–water partition coefficient (Wildman–Crippen LogP) is 3.01. The van der Waals surface area contributed by atoms with Crippen molar-refractivity contribution in [1.29, 1.82) is 0 Å². The summed E-state index contributed by atoms with van der Waals surface area (Å²) in [6.45, 7) is 12.1. The van der Waals surface area contributed by atoms with Crippen LogP contribution < -0.4 is 0 Å². The van der Waals surface area contributed by atoms with E-state index in [-0.39, 0.29) is 0 Å². The molecule has 1 heteroatoms. The molecular weight excluding hydrogens is 158 g/mol. The van der Waals surface area contributed by atoms with E-state index in [0.717, 1.165) is 11.8 Å². The van der Waals surface area contributed by atoms with Crippen molar-refractivity contribution >= 4 is 0 Å². The van der Waals surface area contributed by atoms with E-state index in [9.17, 15) is 0 Å². The third-order valence-electron chi connectivity index (χ3n) is 4.05. The number of rotatable bonds is 2. The van der Waals surface area contributed by atoms with Gasteiger partial charge in [0, 0.05) is 6.54 Å². The molecule has 0 bridgehead atoms. The molecule has 78 valence electrons. The Balaban J connectivity index is 2.77. The first-order valence-corrected chi connectivity index (χ1v) is 5.67. The maximum atomic E-state index is 2.50. The summed E-state index contributed by atoms with van der Waals surface area (Å²) >= 11 is 0. The number of hydrogen-bond donors (Lipinski definition) is 0. The quantitative estimate of drug-likeness (QED) is 0.636. The van der Waals surface area contributed by atoms with Gasteiger partial charge in [0.25, 0.3) is 0 Å². The van der Waals surface area contributed by atoms with Crippen molar-refractivity contribution in [3.05, 3.63) is 0 Å². The van der Waals surface area contributed by atoms with Crippen LogP contribution in [0.15, 0.2) is 0 Å². The maximum Gasteiger partial charge on any atom is 0.00398 e. The van der Waals surface area contributed by atoms with Gasteiger partial charge in [0.05, 0.1) is 0 Å². The van der Waals surface area contributed by atoms with Crippen molar-refractivity contribution in [2.45, 2.75) is 40.5 Å². The summed E-state index contributed by atoms with van der Waals surface area (Å²) in [6, 6.07) is 0. The summed E-state index contributed by atoms with van der Waals surface area (Å²) in [6.07, 6.45) is 2.81. The number of nitrogens with zero attached hydrogens (tertiary/aromatic N) is 1. The van der Waals surface area contributed by atoms with Crippen LogP contribution >= 0.6 is 0 Å². The smallest absolute Gasteiger partial charge is 0.00398 e. The first-order chi connectivity index (χ1) is 5.99. The summed E-state index contributed by atoms with van der Waals surface area (Å²) < 4.78 is 0. The molecule has 1 aliphatic rings. The molecule has 0 unspecified atom stereocenters. The van der Waals surface area contributed by atoms with Gasteiger partial charge in [0.15, 0.2) is 0 Å². The fraction of sp³-hybridized carbons (Fsp3) is 1.00. The predicted molar refractivity (Wildman–Crippen MR) is 58.8 cm³/mol. The largest absolute Gasteiger partial charge is 0.306 e. The highest BCUT2D eigenvalue weighted by Crippen LogP contribution is 2.43. The van der Waals surface area contributed by atoms with E-state index < -0.39 is 0 Å². The molecule has 0 N–H and O–H groups in total. The van der Waals surface area contributed by atoms with Crippen LogP contribution in [0.1, 0.15) is 40.5 Å². The molecule has 1 rings (SSSR count). The highest BCUT2D eigenvalue weighted by atomic mass is 15.1. The zero-order chi connectivity index (χ0) is 10.1. The fourth-order valence-electron chi connectivity index (χ4n) is 2.95. The molecule has 1 saturated heterocycles. The number of likely N-dealkylation sites (tertiary alicyclic amines) is 1. The number of hydrogen-bond acceptors (Lipinski definition) is 1. The van der Waals surface area contributed by atoms with Gasteiger partial charge in [-0.1, -0.05) is 27.7 Å². The minimum Gasteiger partial charge on any atom is -0.306 e. The molecule has 0 amide bonds. The lowest BCUT2D eigenvalue weighted by Gasteiger charge is -2.47. The lowest BCUT2D eigenvalue weighted by atomic mass is 9.64. The van der Waals surface area contributed by atoms with Crippen molar-refractivity contribution in [3.8, 4) is 0 Å². The Bertz CT molecular complexity index is 153. The Morgan fingerprint density at radius 2 is 1.62 bits per heavy atom. The third kappa shape index (κ3) is 2.07. The Morgan fingerprint density at radius 3 is 1.92 bits per heavy atom. The van der Waals surface area contributed by atoms with Gasteiger partial charge in [-0.15, -0.1) is 0 Å². The average molecular weight is 183 g/mol. The molecule has 0 aromatic carbocycles. The van der Waals surface area contributed by atoms with Gasteiger partial charge in [0.1, 0.15) is 0 Å². The molecule has 0 aromatic heterocycles. The average Bonchev–Trinajstić information content (AvgIpc) is 2.03. The molecule has 0 aliphatic carbocycles. The minimum atomic E-state index is 0.576. The standard InChI is InChI=1S/C12H25N/c1-10(2)12(11(3)4)7-6-8-13(5)9-12/h10-11H,6-9H2,1-5H3. The van der Waals surface area contributed by atoms with Crippen molar-refractivity contribution in [1.82, 2.24) is 4.90 Å². The van der Waals surface area contributed by atoms with Crippen LogP contribution in [0, 0.1) is 17.3 Å². The molecule has 0 spiro atoms. The van der Waals surface area contributed by atoms with Gasteiger partial charge in [-0.2, -0.15) is 0 Å². The third-order valence-corrected chi connectivity index (χ3v) is 4.05. The van der Waals surface area contributed by atoms with Crippen LogP contribution in [0.5, 0.6) is 0 Å². The number of piperidine rings is 1. The van der Waals surface area contributed by atoms with E-state index in [2.05, 4.69) is 39.6 Å². The highest BCUT2D eigenvalue weighted by Gasteiger charge is 2.39. The molecule has 1 fully saturated rings. The minimum absolute atomic E-state index is 0.576. The van der Waals surface area contributed by atoms with E-state index in [4.69, 9.17) is 0 Å². The van der Waals surface area contributed by atoms with Gasteiger partial charge in [-0.25, -0.2) is 0 Å². The van der Waals surface area contributed by atoms with Gasteiger partial charge >= 0.3 is 0 Å². The van der Waals surface area contributed by atoms with Gasteiger partial charge in [-0.05, 0) is 43.7 Å². The van der Waals surface area contributed by atoms with Crippen LogP contribution in [0.3, 0.4) is 0 Å². The summed E-state index contributed by atoms with van der Waals surface area (Å²) in [4.78, 5) is 2.50. The second kappa shape index (κ2) is 4.00. The molecule has 0 radical (unpaired) electrons. The zero-order valence-corrected chi connectivity index (χ0v) is 9.93. The molecule has 0 aromatic rings. The van der Waals surface area contributed by atoms with Crippen LogP contribution in [0.2, 0.25) is 0 Å². The fourth-order valence-corrected chi connectivity index (χ4v) is 2.95. The van der Waals surface area contributed by atoms with E-state index in [1.165, 1.54) is 25.9 Å². The van der Waals surface area contributed by atoms with Crippen molar-refractivity contribution in [2.75, 3.05) is 20.1 Å². The SMILES string of the molecule is CC(C)C1(C(C)C)CCCN(C)C1. The summed E-state index contributed by atoms with van der Waals surface area (Å²) in [5.41, 5.74) is 0.576. The summed E-state index contributed by atoms with van der Waals surface area (Å²) in [5, 5.41) is 0. The molecule has 0 saturated carbocycles. The van der Waals surface area contributed by atoms with Crippen LogP contribution in [0.4, 0.5) is 0 Å². The van der Waals surface area contributed by atoms with E-state index in [1.54, 1.807) is 0 Å². The first-order valence-electron chi connectivity index (χ1n) is 5.67. The van der Waals surface area contributed by atoms with Crippen LogP contribution in [-0.4, -0.2) is 25.0 Å². The molecule has 0 atom stereocenters. The molecule has 13 heavy (non-hydrogen) atoms. The summed E-state index contributed by atoms with van der Waals surface area (Å²) in [5.74, 6) is 1.63. The van der Waals surface area contributed by atoms with E-state index >= 15 is 0 Å². The Morgan fingerprint density at radius 1 is 1.08 bits per heavy atom. The van der Waals surface area contributed by atoms with Crippen LogP contribution in [0.25, 0.3) is 0 Å². The maximum absolute atomic E-state index is 2.50. The molecule has 1 nitrogen and oxygen atoms in total. The van der Waals surface area contributed by atoms with Gasteiger partial charge in [-0.3, -0.25) is 0 Å². The molecule has 1 heterocycles. The Labute approximate surface area is 83.5 Å². The Hall–Kier alpha value is -0.0400. The second-order valence-electron chi connectivity index (χ2n) is 5.38. The monoisotopic (exact) mass is 183 g/mol. The Kier molecular flexibility index (Phi) is 3.39. The van der Waals surface area contributed by atoms with Crippen molar-refractivity contribution in [2.24, 2.45) is 17.3 Å². The topological polar surface area (TPSA) is 3.24 Å². The first kappa shape index (κ1) is 11.0. The van der Waals surface area contributed by atoms with E-state index in [0.29, 0.717) is 5.41 Å². The van der Waals surface area contributed by atoms with Gasteiger partial charge < -0.3 is 4.90 Å². The summed E-state index contributed by atoms with van der Waals surface area (Å²) in [7, 11) is 2.26. The lowest BCUT2D eigenvalue weighted by molar-refractivity contribution is 0.0181. The van der Waals surface area contributed by atoms with Gasteiger partial charge in [0.2, 0.25) is 0 Å². The van der Waals surface area contributed by atoms with Crippen molar-refractivity contribution < 1.29 is 0 Å². The van der Waals surface area contributed by atoms with Crippen LogP contribution in [-0.2, 0) is 0 Å². The molecular formula is C12H25N.